The average Bonchev–Trinajstić information content (AvgIpc) is 2.66. The Morgan fingerprint density at radius 3 is 2.67 bits per heavy atom. The van der Waals surface area contributed by atoms with Crippen molar-refractivity contribution in [1.82, 2.24) is 0 Å². The third-order valence-electron chi connectivity index (χ3n) is 2.49. The minimum atomic E-state index is -1.19. The molecule has 1 unspecified atom stereocenters. The van der Waals surface area contributed by atoms with Gasteiger partial charge >= 0.3 is 0 Å². The second kappa shape index (κ2) is 4.94. The van der Waals surface area contributed by atoms with Crippen LogP contribution in [0.3, 0.4) is 0 Å². The summed E-state index contributed by atoms with van der Waals surface area (Å²) in [6, 6.07) is 8.46. The summed E-state index contributed by atoms with van der Waals surface area (Å²) in [7, 11) is -1.19. The van der Waals surface area contributed by atoms with Crippen LogP contribution in [-0.4, -0.2) is 15.2 Å². The fourth-order valence-electron chi connectivity index (χ4n) is 1.48. The van der Waals surface area contributed by atoms with Crippen LogP contribution in [-0.2, 0) is 11.0 Å². The predicted octanol–water partition coefficient (Wildman–Crippen LogP) is 4.09. The first-order chi connectivity index (χ1) is 8.36. The van der Waals surface area contributed by atoms with Gasteiger partial charge in [0.15, 0.2) is 0 Å². The van der Waals surface area contributed by atoms with E-state index in [9.17, 15) is 4.21 Å². The van der Waals surface area contributed by atoms with E-state index in [4.69, 9.17) is 0 Å². The molecule has 0 saturated heterocycles. The molecule has 96 valence electrons. The number of nitrogens with zero attached hydrogens (tertiary/aromatic N) is 1. The van der Waals surface area contributed by atoms with Gasteiger partial charge in [-0.3, -0.25) is 0 Å². The topological polar surface area (TPSA) is 29.4 Å². The lowest BCUT2D eigenvalue weighted by Crippen LogP contribution is -2.19. The largest absolute Gasteiger partial charge is 0.234 e. The molecule has 0 N–H and O–H groups in total. The highest BCUT2D eigenvalue weighted by molar-refractivity contribution is 7.85. The number of benzene rings is 1. The van der Waals surface area contributed by atoms with Crippen LogP contribution in [0.25, 0.3) is 10.1 Å². The molecule has 0 spiro atoms. The molecular formula is C14H17NOS2. The summed E-state index contributed by atoms with van der Waals surface area (Å²) in [5, 5.41) is 1.22. The van der Waals surface area contributed by atoms with Gasteiger partial charge in [-0.05, 0) is 50.8 Å². The summed E-state index contributed by atoms with van der Waals surface area (Å²) in [6.45, 7) is 7.86. The SMILES string of the molecule is Cc1ccc2cc(C=NS(=O)C(C)(C)C)sc2c1. The molecule has 0 aliphatic heterocycles. The number of hydrogen-bond acceptors (Lipinski definition) is 2. The number of thiophene rings is 1. The van der Waals surface area contributed by atoms with Gasteiger partial charge in [0, 0.05) is 9.58 Å². The molecule has 4 heteroatoms. The minimum Gasteiger partial charge on any atom is -0.234 e. The van der Waals surface area contributed by atoms with Crippen molar-refractivity contribution in [2.24, 2.45) is 4.40 Å². The molecule has 0 aliphatic carbocycles. The van der Waals surface area contributed by atoms with Gasteiger partial charge in [-0.15, -0.1) is 11.3 Å². The van der Waals surface area contributed by atoms with E-state index < -0.39 is 11.0 Å². The lowest BCUT2D eigenvalue weighted by atomic mass is 10.2. The summed E-state index contributed by atoms with van der Waals surface area (Å²) in [6.07, 6.45) is 1.72. The van der Waals surface area contributed by atoms with Crippen LogP contribution in [0.4, 0.5) is 0 Å². The molecule has 0 radical (unpaired) electrons. The summed E-state index contributed by atoms with van der Waals surface area (Å²) in [4.78, 5) is 1.05. The van der Waals surface area contributed by atoms with Crippen LogP contribution in [0, 0.1) is 6.92 Å². The quantitative estimate of drug-likeness (QED) is 0.761. The highest BCUT2D eigenvalue weighted by atomic mass is 32.2. The lowest BCUT2D eigenvalue weighted by Gasteiger charge is -2.12. The van der Waals surface area contributed by atoms with Gasteiger partial charge in [0.05, 0.1) is 11.0 Å². The van der Waals surface area contributed by atoms with Gasteiger partial charge in [0.1, 0.15) is 11.0 Å². The van der Waals surface area contributed by atoms with E-state index in [-0.39, 0.29) is 4.75 Å². The van der Waals surface area contributed by atoms with Crippen molar-refractivity contribution in [3.05, 3.63) is 34.7 Å². The van der Waals surface area contributed by atoms with Crippen LogP contribution >= 0.6 is 11.3 Å². The molecule has 1 aromatic heterocycles. The maximum atomic E-state index is 11.8. The molecule has 2 rings (SSSR count). The normalized spacial score (nSPS) is 14.4. The molecule has 0 bridgehead atoms. The van der Waals surface area contributed by atoms with Gasteiger partial charge in [-0.1, -0.05) is 12.1 Å². The molecule has 1 aromatic carbocycles. The Labute approximate surface area is 114 Å². The van der Waals surface area contributed by atoms with Gasteiger partial charge < -0.3 is 0 Å². The molecular weight excluding hydrogens is 262 g/mol. The van der Waals surface area contributed by atoms with Gasteiger partial charge in [0.2, 0.25) is 0 Å². The highest BCUT2D eigenvalue weighted by Crippen LogP contribution is 2.25. The summed E-state index contributed by atoms with van der Waals surface area (Å²) < 4.78 is 16.9. The van der Waals surface area contributed by atoms with Crippen molar-refractivity contribution < 1.29 is 4.21 Å². The molecule has 18 heavy (non-hydrogen) atoms. The van der Waals surface area contributed by atoms with Crippen molar-refractivity contribution in [2.75, 3.05) is 0 Å². The van der Waals surface area contributed by atoms with Gasteiger partial charge in [-0.2, -0.15) is 4.40 Å². The zero-order chi connectivity index (χ0) is 13.3. The summed E-state index contributed by atoms with van der Waals surface area (Å²) in [5.41, 5.74) is 1.26. The second-order valence-electron chi connectivity index (χ2n) is 5.29. The maximum Gasteiger partial charge on any atom is 0.144 e. The third kappa shape index (κ3) is 3.06. The molecule has 2 nitrogen and oxygen atoms in total. The second-order valence-corrected chi connectivity index (χ2v) is 8.34. The number of fused-ring (bicyclic) bond motifs is 1. The predicted molar refractivity (Wildman–Crippen MR) is 82.1 cm³/mol. The van der Waals surface area contributed by atoms with E-state index in [1.807, 2.05) is 20.8 Å². The molecule has 0 aliphatic rings. The third-order valence-corrected chi connectivity index (χ3v) is 4.87. The van der Waals surface area contributed by atoms with E-state index in [1.54, 1.807) is 17.6 Å². The van der Waals surface area contributed by atoms with E-state index in [0.717, 1.165) is 4.88 Å². The van der Waals surface area contributed by atoms with Gasteiger partial charge in [-0.25, -0.2) is 4.21 Å². The lowest BCUT2D eigenvalue weighted by molar-refractivity contribution is 0.651. The Kier molecular flexibility index (Phi) is 3.69. The summed E-state index contributed by atoms with van der Waals surface area (Å²) >= 11 is 1.68. The summed E-state index contributed by atoms with van der Waals surface area (Å²) in [5.74, 6) is 0. The van der Waals surface area contributed by atoms with Crippen molar-refractivity contribution in [1.29, 1.82) is 0 Å². The van der Waals surface area contributed by atoms with E-state index in [0.29, 0.717) is 0 Å². The van der Waals surface area contributed by atoms with Crippen molar-refractivity contribution in [3.8, 4) is 0 Å². The molecule has 1 atom stereocenters. The first-order valence-electron chi connectivity index (χ1n) is 5.82. The Balaban J connectivity index is 2.27. The average molecular weight is 279 g/mol. The van der Waals surface area contributed by atoms with Gasteiger partial charge in [0.25, 0.3) is 0 Å². The first-order valence-corrected chi connectivity index (χ1v) is 7.75. The number of aryl methyl sites for hydroxylation is 1. The number of rotatable bonds is 2. The zero-order valence-corrected chi connectivity index (χ0v) is 12.7. The standard InChI is InChI=1S/C14H17NOS2/c1-10-5-6-11-8-12(17-13(11)7-10)9-15-18(16)14(2,3)4/h5-9H,1-4H3. The highest BCUT2D eigenvalue weighted by Gasteiger charge is 2.18. The molecule has 0 amide bonds. The molecule has 2 aromatic rings. The Bertz CT molecular complexity index is 620. The Morgan fingerprint density at radius 2 is 2.00 bits per heavy atom. The van der Waals surface area contributed by atoms with Crippen LogP contribution < -0.4 is 0 Å². The van der Waals surface area contributed by atoms with E-state index in [1.165, 1.54) is 15.6 Å². The molecule has 0 saturated carbocycles. The maximum absolute atomic E-state index is 11.8. The Hall–Kier alpha value is -1.00. The van der Waals surface area contributed by atoms with Crippen molar-refractivity contribution in [2.45, 2.75) is 32.4 Å². The fourth-order valence-corrected chi connectivity index (χ4v) is 3.11. The van der Waals surface area contributed by atoms with Crippen LogP contribution in [0.2, 0.25) is 0 Å². The monoisotopic (exact) mass is 279 g/mol. The van der Waals surface area contributed by atoms with Crippen LogP contribution in [0.15, 0.2) is 28.7 Å². The van der Waals surface area contributed by atoms with E-state index >= 15 is 0 Å². The van der Waals surface area contributed by atoms with Crippen molar-refractivity contribution >= 4 is 38.6 Å². The zero-order valence-electron chi connectivity index (χ0n) is 11.1. The molecule has 1 heterocycles. The molecule has 0 fully saturated rings. The first kappa shape index (κ1) is 13.4. The van der Waals surface area contributed by atoms with E-state index in [2.05, 4.69) is 35.6 Å². The fraction of sp³-hybridized carbons (Fsp3) is 0.357. The van der Waals surface area contributed by atoms with Crippen LogP contribution in [0.1, 0.15) is 31.2 Å². The Morgan fingerprint density at radius 1 is 1.28 bits per heavy atom. The van der Waals surface area contributed by atoms with Crippen molar-refractivity contribution in [3.63, 3.8) is 0 Å². The minimum absolute atomic E-state index is 0.302. The smallest absolute Gasteiger partial charge is 0.144 e. The van der Waals surface area contributed by atoms with Crippen LogP contribution in [0.5, 0.6) is 0 Å². The number of hydrogen-bond donors (Lipinski definition) is 0.